The van der Waals surface area contributed by atoms with E-state index in [4.69, 9.17) is 19.3 Å². The van der Waals surface area contributed by atoms with Crippen molar-refractivity contribution in [1.82, 2.24) is 0 Å². The van der Waals surface area contributed by atoms with Gasteiger partial charge in [0, 0.05) is 25.4 Å². The molecule has 2 N–H and O–H groups in total. The van der Waals surface area contributed by atoms with Crippen molar-refractivity contribution >= 4 is 5.97 Å². The fourth-order valence-electron chi connectivity index (χ4n) is 4.58. The van der Waals surface area contributed by atoms with E-state index in [0.29, 0.717) is 38.0 Å². The maximum absolute atomic E-state index is 14.6. The van der Waals surface area contributed by atoms with Gasteiger partial charge < -0.3 is 24.4 Å². The van der Waals surface area contributed by atoms with E-state index in [1.54, 1.807) is 30.3 Å². The van der Waals surface area contributed by atoms with Crippen molar-refractivity contribution in [2.75, 3.05) is 13.2 Å². The molecule has 0 radical (unpaired) electrons. The van der Waals surface area contributed by atoms with Crippen molar-refractivity contribution in [3.8, 4) is 5.75 Å². The van der Waals surface area contributed by atoms with Crippen LogP contribution in [-0.4, -0.2) is 53.8 Å². The predicted octanol–water partition coefficient (Wildman–Crippen LogP) is 5.37. The van der Waals surface area contributed by atoms with Crippen LogP contribution >= 0.6 is 0 Å². The van der Waals surface area contributed by atoms with Gasteiger partial charge in [-0.1, -0.05) is 36.4 Å². The van der Waals surface area contributed by atoms with Crippen molar-refractivity contribution in [2.45, 2.75) is 75.8 Å². The summed E-state index contributed by atoms with van der Waals surface area (Å²) >= 11 is 0. The van der Waals surface area contributed by atoms with Crippen LogP contribution < -0.4 is 4.74 Å². The van der Waals surface area contributed by atoms with E-state index in [1.165, 1.54) is 6.08 Å². The molecular formula is C27H36F2O6. The lowest BCUT2D eigenvalue weighted by atomic mass is 9.89. The third-order valence-electron chi connectivity index (χ3n) is 6.43. The van der Waals surface area contributed by atoms with Crippen LogP contribution in [0.2, 0.25) is 0 Å². The topological polar surface area (TPSA) is 85.2 Å². The Morgan fingerprint density at radius 1 is 1.20 bits per heavy atom. The molecule has 6 nitrogen and oxygen atoms in total. The second-order valence-corrected chi connectivity index (χ2v) is 9.23. The molecule has 0 spiro atoms. The fourth-order valence-corrected chi connectivity index (χ4v) is 4.58. The zero-order chi connectivity index (χ0) is 25.1. The summed E-state index contributed by atoms with van der Waals surface area (Å²) in [5, 5.41) is 19.5. The van der Waals surface area contributed by atoms with Gasteiger partial charge >= 0.3 is 5.97 Å². The lowest BCUT2D eigenvalue weighted by molar-refractivity contribution is -0.193. The number of ether oxygens (including phenoxy) is 3. The summed E-state index contributed by atoms with van der Waals surface area (Å²) in [5.41, 5.74) is 0. The smallest absolute Gasteiger partial charge is 0.303 e. The number of benzene rings is 1. The Kier molecular flexibility index (Phi) is 10.7. The average Bonchev–Trinajstić information content (AvgIpc) is 3.13. The van der Waals surface area contributed by atoms with Crippen molar-refractivity contribution in [3.05, 3.63) is 54.6 Å². The van der Waals surface area contributed by atoms with Crippen LogP contribution in [0.1, 0.15) is 51.4 Å². The highest BCUT2D eigenvalue weighted by Crippen LogP contribution is 2.40. The predicted molar refractivity (Wildman–Crippen MR) is 127 cm³/mol. The minimum Gasteiger partial charge on any atom is -0.487 e. The number of unbranched alkanes of at least 4 members (excludes halogenated alkanes) is 1. The van der Waals surface area contributed by atoms with Gasteiger partial charge in [-0.3, -0.25) is 4.79 Å². The molecule has 0 bridgehead atoms. The lowest BCUT2D eigenvalue weighted by Gasteiger charge is -2.29. The standard InChI is InChI=1S/C27H36F2O6/c28-27(29,19-34-20-10-4-3-5-11-20)16-15-22-21(12-6-1-2-7-13-25(31)32)23(30)18-24(22)35-26-14-8-9-17-33-26/h1,3-6,10-11,15-16,21-24,26,30H,2,7-9,12-14,17-19H2,(H,31,32)/b6-1-,16-15+/t21-,22-,23+,24-,26?/m1/s1. The molecule has 2 aliphatic rings. The van der Waals surface area contributed by atoms with Gasteiger partial charge in [-0.25, -0.2) is 0 Å². The molecule has 1 unspecified atom stereocenters. The van der Waals surface area contributed by atoms with Gasteiger partial charge in [0.05, 0.1) is 12.2 Å². The summed E-state index contributed by atoms with van der Waals surface area (Å²) in [6.07, 6.45) is 9.36. The molecular weight excluding hydrogens is 458 g/mol. The highest BCUT2D eigenvalue weighted by Gasteiger charge is 2.43. The van der Waals surface area contributed by atoms with Crippen LogP contribution in [0.5, 0.6) is 5.75 Å². The van der Waals surface area contributed by atoms with E-state index < -0.39 is 36.6 Å². The molecule has 35 heavy (non-hydrogen) atoms. The number of aliphatic carboxylic acids is 1. The zero-order valence-electron chi connectivity index (χ0n) is 19.9. The fraction of sp³-hybridized carbons (Fsp3) is 0.593. The summed E-state index contributed by atoms with van der Waals surface area (Å²) in [7, 11) is 0. The Balaban J connectivity index is 1.64. The maximum atomic E-state index is 14.6. The first-order valence-electron chi connectivity index (χ1n) is 12.4. The normalized spacial score (nSPS) is 27.6. The molecule has 3 rings (SSSR count). The quantitative estimate of drug-likeness (QED) is 0.283. The second-order valence-electron chi connectivity index (χ2n) is 9.23. The summed E-state index contributed by atoms with van der Waals surface area (Å²) in [6, 6.07) is 8.48. The summed E-state index contributed by atoms with van der Waals surface area (Å²) in [4.78, 5) is 10.6. The first-order chi connectivity index (χ1) is 16.8. The molecule has 1 aliphatic carbocycles. The lowest BCUT2D eigenvalue weighted by Crippen LogP contribution is -2.31. The Morgan fingerprint density at radius 2 is 2.00 bits per heavy atom. The number of para-hydroxylation sites is 1. The monoisotopic (exact) mass is 494 g/mol. The Hall–Kier alpha value is -2.29. The molecule has 0 aromatic heterocycles. The molecule has 1 saturated carbocycles. The molecule has 1 aromatic rings. The van der Waals surface area contributed by atoms with Gasteiger partial charge in [0.15, 0.2) is 12.9 Å². The number of hydrogen-bond donors (Lipinski definition) is 2. The van der Waals surface area contributed by atoms with Crippen molar-refractivity contribution in [3.63, 3.8) is 0 Å². The molecule has 1 saturated heterocycles. The third kappa shape index (κ3) is 9.35. The highest BCUT2D eigenvalue weighted by atomic mass is 19.3. The van der Waals surface area contributed by atoms with Crippen LogP contribution in [0.15, 0.2) is 54.6 Å². The third-order valence-corrected chi connectivity index (χ3v) is 6.43. The van der Waals surface area contributed by atoms with Gasteiger partial charge in [0.2, 0.25) is 0 Å². The number of allylic oxidation sites excluding steroid dienone is 2. The summed E-state index contributed by atoms with van der Waals surface area (Å²) in [6.45, 7) is -0.175. The number of carboxylic acid groups (broad SMARTS) is 1. The second kappa shape index (κ2) is 13.7. The average molecular weight is 495 g/mol. The van der Waals surface area contributed by atoms with Crippen molar-refractivity contribution in [1.29, 1.82) is 0 Å². The number of halogens is 2. The van der Waals surface area contributed by atoms with Crippen molar-refractivity contribution in [2.24, 2.45) is 11.8 Å². The van der Waals surface area contributed by atoms with Crippen LogP contribution in [0.4, 0.5) is 8.78 Å². The molecule has 2 fully saturated rings. The van der Waals surface area contributed by atoms with Crippen LogP contribution in [-0.2, 0) is 14.3 Å². The molecule has 0 amide bonds. The number of aliphatic hydroxyl groups is 1. The minimum atomic E-state index is -3.19. The first-order valence-corrected chi connectivity index (χ1v) is 12.4. The SMILES string of the molecule is O=C(O)CCC/C=C\C[C@@H]1[C@@H](/C=C/C(F)(F)COc2ccccc2)[C@H](OC2CCCCO2)C[C@@H]1O. The molecule has 1 heterocycles. The van der Waals surface area contributed by atoms with E-state index in [9.17, 15) is 18.7 Å². The highest BCUT2D eigenvalue weighted by molar-refractivity contribution is 5.66. The van der Waals surface area contributed by atoms with E-state index in [2.05, 4.69) is 0 Å². The van der Waals surface area contributed by atoms with Gasteiger partial charge in [-0.2, -0.15) is 8.78 Å². The number of carboxylic acids is 1. The number of aliphatic hydroxyl groups excluding tert-OH is 1. The van der Waals surface area contributed by atoms with E-state index >= 15 is 0 Å². The largest absolute Gasteiger partial charge is 0.487 e. The summed E-state index contributed by atoms with van der Waals surface area (Å²) < 4.78 is 46.3. The van der Waals surface area contributed by atoms with Gasteiger partial charge in [-0.05, 0) is 62.7 Å². The van der Waals surface area contributed by atoms with E-state index in [-0.39, 0.29) is 18.6 Å². The van der Waals surface area contributed by atoms with E-state index in [0.717, 1.165) is 25.3 Å². The zero-order valence-corrected chi connectivity index (χ0v) is 19.9. The molecule has 8 heteroatoms. The van der Waals surface area contributed by atoms with Crippen LogP contribution in [0, 0.1) is 11.8 Å². The molecule has 1 aliphatic heterocycles. The number of rotatable bonds is 13. The van der Waals surface area contributed by atoms with Crippen LogP contribution in [0.25, 0.3) is 0 Å². The molecule has 5 atom stereocenters. The van der Waals surface area contributed by atoms with Crippen LogP contribution in [0.3, 0.4) is 0 Å². The first kappa shape index (κ1) is 27.3. The Morgan fingerprint density at radius 3 is 2.71 bits per heavy atom. The van der Waals surface area contributed by atoms with Gasteiger partial charge in [0.1, 0.15) is 5.75 Å². The van der Waals surface area contributed by atoms with Crippen molar-refractivity contribution < 1.29 is 38.0 Å². The minimum absolute atomic E-state index is 0.0964. The van der Waals surface area contributed by atoms with E-state index in [1.807, 2.05) is 12.2 Å². The number of alkyl halides is 2. The Labute approximate surface area is 205 Å². The maximum Gasteiger partial charge on any atom is 0.303 e. The summed E-state index contributed by atoms with van der Waals surface area (Å²) in [5.74, 6) is -4.36. The number of hydrogen-bond acceptors (Lipinski definition) is 5. The number of carbonyl (C=O) groups is 1. The van der Waals surface area contributed by atoms with Gasteiger partial charge in [-0.15, -0.1) is 0 Å². The van der Waals surface area contributed by atoms with Gasteiger partial charge in [0.25, 0.3) is 5.92 Å². The molecule has 1 aromatic carbocycles. The Bertz CT molecular complexity index is 822. The molecule has 194 valence electrons.